The number of hydrogen-bond donors (Lipinski definition) is 2. The van der Waals surface area contributed by atoms with E-state index in [-0.39, 0.29) is 0 Å². The Hall–Kier alpha value is -0.600. The van der Waals surface area contributed by atoms with Crippen molar-refractivity contribution in [3.63, 3.8) is 0 Å². The van der Waals surface area contributed by atoms with Crippen molar-refractivity contribution in [1.29, 1.82) is 0 Å². The van der Waals surface area contributed by atoms with E-state index < -0.39 is 24.7 Å². The van der Waals surface area contributed by atoms with Crippen LogP contribution in [-0.4, -0.2) is 23.8 Å². The van der Waals surface area contributed by atoms with Crippen LogP contribution in [0.1, 0.15) is 10.9 Å². The number of rotatable bonds is 4. The molecule has 3 nitrogen and oxygen atoms in total. The van der Waals surface area contributed by atoms with Crippen molar-refractivity contribution in [2.24, 2.45) is 0 Å². The summed E-state index contributed by atoms with van der Waals surface area (Å²) in [6, 6.07) is 1.72. The molecule has 1 aromatic heterocycles. The van der Waals surface area contributed by atoms with Crippen LogP contribution in [0, 0.1) is 0 Å². The molecular weight excluding hydrogens is 311 g/mol. The summed E-state index contributed by atoms with van der Waals surface area (Å²) >= 11 is 4.20. The van der Waals surface area contributed by atoms with Crippen molar-refractivity contribution in [3.8, 4) is 0 Å². The highest BCUT2D eigenvalue weighted by molar-refractivity contribution is 9.11. The zero-order valence-electron chi connectivity index (χ0n) is 7.71. The van der Waals surface area contributed by atoms with Crippen molar-refractivity contribution >= 4 is 33.2 Å². The third kappa shape index (κ3) is 4.11. The Balaban J connectivity index is 2.73. The first-order valence-electron chi connectivity index (χ1n) is 4.08. The minimum Gasteiger partial charge on any atom is -0.480 e. The normalized spacial score (nSPS) is 13.8. The quantitative estimate of drug-likeness (QED) is 0.897. The lowest BCUT2D eigenvalue weighted by Gasteiger charge is -2.14. The summed E-state index contributed by atoms with van der Waals surface area (Å²) in [5.74, 6) is -1.33. The Bertz CT molecular complexity index is 380. The van der Waals surface area contributed by atoms with Crippen molar-refractivity contribution in [3.05, 3.63) is 20.8 Å². The Kier molecular flexibility index (Phi) is 4.34. The van der Waals surface area contributed by atoms with Gasteiger partial charge in [-0.2, -0.15) is 13.2 Å². The van der Waals surface area contributed by atoms with E-state index in [4.69, 9.17) is 5.11 Å². The van der Waals surface area contributed by atoms with Gasteiger partial charge >= 0.3 is 12.1 Å². The predicted octanol–water partition coefficient (Wildman–Crippen LogP) is 2.79. The molecule has 1 atom stereocenters. The van der Waals surface area contributed by atoms with E-state index in [0.29, 0.717) is 8.66 Å². The molecule has 0 saturated heterocycles. The molecule has 0 bridgehead atoms. The summed E-state index contributed by atoms with van der Waals surface area (Å²) in [6.45, 7) is -1.33. The van der Waals surface area contributed by atoms with Gasteiger partial charge < -0.3 is 5.11 Å². The lowest BCUT2D eigenvalue weighted by atomic mass is 10.2. The minimum atomic E-state index is -4.43. The third-order valence-corrected chi connectivity index (χ3v) is 3.32. The number of aliphatic carboxylic acids is 1. The number of carboxylic acid groups (broad SMARTS) is 1. The molecule has 8 heteroatoms. The van der Waals surface area contributed by atoms with E-state index in [1.807, 2.05) is 5.32 Å². The zero-order valence-corrected chi connectivity index (χ0v) is 10.1. The molecular formula is C8H7BrF3NO2S. The Morgan fingerprint density at radius 2 is 2.19 bits per heavy atom. The van der Waals surface area contributed by atoms with Gasteiger partial charge in [-0.1, -0.05) is 0 Å². The molecule has 1 heterocycles. The highest BCUT2D eigenvalue weighted by atomic mass is 79.9. The maximum atomic E-state index is 11.9. The highest BCUT2D eigenvalue weighted by Gasteiger charge is 2.31. The summed E-state index contributed by atoms with van der Waals surface area (Å²) in [4.78, 5) is 11.1. The van der Waals surface area contributed by atoms with Crippen LogP contribution in [0.4, 0.5) is 13.2 Å². The lowest BCUT2D eigenvalue weighted by Crippen LogP contribution is -2.35. The largest absolute Gasteiger partial charge is 0.480 e. The van der Waals surface area contributed by atoms with E-state index in [2.05, 4.69) is 15.9 Å². The van der Waals surface area contributed by atoms with Gasteiger partial charge in [-0.05, 0) is 28.1 Å². The van der Waals surface area contributed by atoms with Crippen LogP contribution in [-0.2, 0) is 4.79 Å². The van der Waals surface area contributed by atoms with Crippen LogP contribution in [0.3, 0.4) is 0 Å². The van der Waals surface area contributed by atoms with Gasteiger partial charge in [0, 0.05) is 4.88 Å². The van der Waals surface area contributed by atoms with Crippen LogP contribution < -0.4 is 5.32 Å². The maximum absolute atomic E-state index is 11.9. The van der Waals surface area contributed by atoms with Gasteiger partial charge in [0.25, 0.3) is 0 Å². The smallest absolute Gasteiger partial charge is 0.401 e. The third-order valence-electron chi connectivity index (χ3n) is 1.63. The predicted molar refractivity (Wildman–Crippen MR) is 56.5 cm³/mol. The van der Waals surface area contributed by atoms with Crippen LogP contribution >= 0.6 is 27.3 Å². The van der Waals surface area contributed by atoms with Gasteiger partial charge in [-0.3, -0.25) is 10.1 Å². The second-order valence-electron chi connectivity index (χ2n) is 2.91. The standard InChI is InChI=1S/C8H7BrF3NO2S/c9-5-2-1-4(16-5)6(7(14)15)13-3-8(10,11)12/h1-2,6,13H,3H2,(H,14,15). The SMILES string of the molecule is O=C(O)C(NCC(F)(F)F)c1ccc(Br)s1. The van der Waals surface area contributed by atoms with E-state index >= 15 is 0 Å². The molecule has 0 aliphatic heterocycles. The Labute approximate surface area is 101 Å². The number of carboxylic acids is 1. The van der Waals surface area contributed by atoms with Crippen molar-refractivity contribution in [2.45, 2.75) is 12.2 Å². The van der Waals surface area contributed by atoms with Crippen LogP contribution in [0.25, 0.3) is 0 Å². The summed E-state index contributed by atoms with van der Waals surface area (Å²) in [7, 11) is 0. The van der Waals surface area contributed by atoms with Gasteiger partial charge in [0.2, 0.25) is 0 Å². The molecule has 16 heavy (non-hydrogen) atoms. The van der Waals surface area contributed by atoms with Gasteiger partial charge in [0.15, 0.2) is 0 Å². The van der Waals surface area contributed by atoms with Crippen molar-refractivity contribution in [1.82, 2.24) is 5.32 Å². The molecule has 0 spiro atoms. The number of thiophene rings is 1. The second-order valence-corrected chi connectivity index (χ2v) is 5.40. The average Bonchev–Trinajstić information content (AvgIpc) is 2.49. The highest BCUT2D eigenvalue weighted by Crippen LogP contribution is 2.28. The fourth-order valence-corrected chi connectivity index (χ4v) is 2.50. The molecule has 90 valence electrons. The average molecular weight is 318 g/mol. The first-order valence-corrected chi connectivity index (χ1v) is 5.69. The molecule has 1 rings (SSSR count). The van der Waals surface area contributed by atoms with Gasteiger partial charge in [0.05, 0.1) is 10.3 Å². The van der Waals surface area contributed by atoms with Gasteiger partial charge in [-0.15, -0.1) is 11.3 Å². The van der Waals surface area contributed by atoms with Gasteiger partial charge in [0.1, 0.15) is 6.04 Å². The monoisotopic (exact) mass is 317 g/mol. The van der Waals surface area contributed by atoms with Crippen LogP contribution in [0.2, 0.25) is 0 Å². The number of halogens is 4. The Morgan fingerprint density at radius 1 is 1.56 bits per heavy atom. The van der Waals surface area contributed by atoms with E-state index in [1.54, 1.807) is 6.07 Å². The number of hydrogen-bond acceptors (Lipinski definition) is 3. The molecule has 1 aromatic rings. The summed E-state index contributed by atoms with van der Waals surface area (Å²) in [5.41, 5.74) is 0. The maximum Gasteiger partial charge on any atom is 0.401 e. The molecule has 0 aliphatic rings. The van der Waals surface area contributed by atoms with E-state index in [0.717, 1.165) is 11.3 Å². The van der Waals surface area contributed by atoms with Crippen LogP contribution in [0.15, 0.2) is 15.9 Å². The molecule has 0 aliphatic carbocycles. The van der Waals surface area contributed by atoms with Crippen LogP contribution in [0.5, 0.6) is 0 Å². The first kappa shape index (κ1) is 13.5. The van der Waals surface area contributed by atoms with Crippen molar-refractivity contribution in [2.75, 3.05) is 6.54 Å². The lowest BCUT2D eigenvalue weighted by molar-refractivity contribution is -0.143. The number of nitrogens with one attached hydrogen (secondary N) is 1. The Morgan fingerprint density at radius 3 is 2.56 bits per heavy atom. The molecule has 0 radical (unpaired) electrons. The first-order chi connectivity index (χ1) is 7.29. The summed E-state index contributed by atoms with van der Waals surface area (Å²) in [5, 5.41) is 10.7. The summed E-state index contributed by atoms with van der Waals surface area (Å²) < 4.78 is 36.5. The fraction of sp³-hybridized carbons (Fsp3) is 0.375. The molecule has 0 amide bonds. The topological polar surface area (TPSA) is 49.3 Å². The number of carbonyl (C=O) groups is 1. The molecule has 0 saturated carbocycles. The number of alkyl halides is 3. The molecule has 0 fully saturated rings. The molecule has 1 unspecified atom stereocenters. The molecule has 0 aromatic carbocycles. The van der Waals surface area contributed by atoms with E-state index in [1.165, 1.54) is 6.07 Å². The zero-order chi connectivity index (χ0) is 12.3. The van der Waals surface area contributed by atoms with Crippen molar-refractivity contribution < 1.29 is 23.1 Å². The molecule has 2 N–H and O–H groups in total. The fourth-order valence-electron chi connectivity index (χ4n) is 1.01. The van der Waals surface area contributed by atoms with Gasteiger partial charge in [-0.25, -0.2) is 0 Å². The second kappa shape index (κ2) is 5.15. The minimum absolute atomic E-state index is 0.323. The van der Waals surface area contributed by atoms with E-state index in [9.17, 15) is 18.0 Å². The summed E-state index contributed by atoms with van der Waals surface area (Å²) in [6.07, 6.45) is -4.43.